The Kier molecular flexibility index (Phi) is 4.68. The quantitative estimate of drug-likeness (QED) is 0.865. The highest BCUT2D eigenvalue weighted by atomic mass is 15.1. The molecule has 102 valence electrons. The molecular weight excluding hydrogens is 236 g/mol. The molecule has 0 aliphatic heterocycles. The van der Waals surface area contributed by atoms with E-state index in [9.17, 15) is 0 Å². The monoisotopic (exact) mass is 258 g/mol. The van der Waals surface area contributed by atoms with Crippen molar-refractivity contribution in [2.45, 2.75) is 39.3 Å². The summed E-state index contributed by atoms with van der Waals surface area (Å²) in [6, 6.07) is 4.48. The van der Waals surface area contributed by atoms with E-state index in [4.69, 9.17) is 0 Å². The zero-order valence-electron chi connectivity index (χ0n) is 11.9. The maximum absolute atomic E-state index is 4.48. The van der Waals surface area contributed by atoms with Gasteiger partial charge in [0.25, 0.3) is 0 Å². The molecular formula is C15H22N4. The molecule has 1 N–H and O–H groups in total. The summed E-state index contributed by atoms with van der Waals surface area (Å²) in [5, 5.41) is 3.37. The van der Waals surface area contributed by atoms with Crippen molar-refractivity contribution in [2.24, 2.45) is 0 Å². The van der Waals surface area contributed by atoms with Gasteiger partial charge in [-0.2, -0.15) is 0 Å². The second-order valence-corrected chi connectivity index (χ2v) is 4.81. The van der Waals surface area contributed by atoms with Crippen LogP contribution >= 0.6 is 0 Å². The summed E-state index contributed by atoms with van der Waals surface area (Å²) in [4.78, 5) is 8.73. The van der Waals surface area contributed by atoms with E-state index in [1.807, 2.05) is 26.4 Å². The van der Waals surface area contributed by atoms with Gasteiger partial charge in [-0.3, -0.25) is 4.98 Å². The standard InChI is InChI=1S/C15H22N4/c1-4-8-19-9-7-18-15(19)11-14(16-3)13-5-6-17-12(2)10-13/h5-7,9-10,14,16H,4,8,11H2,1-3H3. The Labute approximate surface area is 114 Å². The summed E-state index contributed by atoms with van der Waals surface area (Å²) in [7, 11) is 1.99. The first kappa shape index (κ1) is 13.7. The highest BCUT2D eigenvalue weighted by Gasteiger charge is 2.13. The maximum Gasteiger partial charge on any atom is 0.110 e. The van der Waals surface area contributed by atoms with E-state index < -0.39 is 0 Å². The molecule has 0 aliphatic rings. The molecule has 2 aromatic rings. The predicted octanol–water partition coefficient (Wildman–Crippen LogP) is 2.50. The van der Waals surface area contributed by atoms with E-state index in [-0.39, 0.29) is 6.04 Å². The van der Waals surface area contributed by atoms with E-state index in [1.165, 1.54) is 5.56 Å². The molecule has 0 spiro atoms. The lowest BCUT2D eigenvalue weighted by Gasteiger charge is -2.17. The normalized spacial score (nSPS) is 12.6. The Hall–Kier alpha value is -1.68. The third-order valence-corrected chi connectivity index (χ3v) is 3.32. The van der Waals surface area contributed by atoms with Crippen LogP contribution in [-0.4, -0.2) is 21.6 Å². The molecule has 0 bridgehead atoms. The number of nitrogens with zero attached hydrogens (tertiary/aromatic N) is 3. The fourth-order valence-corrected chi connectivity index (χ4v) is 2.33. The first-order valence-electron chi connectivity index (χ1n) is 6.84. The van der Waals surface area contributed by atoms with Crippen molar-refractivity contribution in [3.63, 3.8) is 0 Å². The van der Waals surface area contributed by atoms with Gasteiger partial charge in [0.05, 0.1) is 0 Å². The molecule has 0 saturated carbocycles. The molecule has 4 heteroatoms. The molecule has 0 aromatic carbocycles. The summed E-state index contributed by atoms with van der Waals surface area (Å²) >= 11 is 0. The molecule has 0 radical (unpaired) electrons. The second-order valence-electron chi connectivity index (χ2n) is 4.81. The molecule has 0 fully saturated rings. The molecule has 2 heterocycles. The molecule has 0 aliphatic carbocycles. The van der Waals surface area contributed by atoms with Crippen LogP contribution in [0.1, 0.15) is 36.5 Å². The van der Waals surface area contributed by atoms with Crippen LogP contribution in [0.2, 0.25) is 0 Å². The molecule has 19 heavy (non-hydrogen) atoms. The number of hydrogen-bond donors (Lipinski definition) is 1. The average molecular weight is 258 g/mol. The van der Waals surface area contributed by atoms with Gasteiger partial charge >= 0.3 is 0 Å². The molecule has 0 amide bonds. The summed E-state index contributed by atoms with van der Waals surface area (Å²) in [6.45, 7) is 5.24. The van der Waals surface area contributed by atoms with E-state index >= 15 is 0 Å². The van der Waals surface area contributed by atoms with Crippen LogP contribution in [-0.2, 0) is 13.0 Å². The van der Waals surface area contributed by atoms with E-state index in [0.29, 0.717) is 0 Å². The van der Waals surface area contributed by atoms with Crippen LogP contribution in [0, 0.1) is 6.92 Å². The zero-order chi connectivity index (χ0) is 13.7. The van der Waals surface area contributed by atoms with Crippen molar-refractivity contribution in [3.8, 4) is 0 Å². The fourth-order valence-electron chi connectivity index (χ4n) is 2.33. The Bertz CT molecular complexity index is 518. The largest absolute Gasteiger partial charge is 0.335 e. The predicted molar refractivity (Wildman–Crippen MR) is 77.0 cm³/mol. The van der Waals surface area contributed by atoms with Gasteiger partial charge in [0.2, 0.25) is 0 Å². The van der Waals surface area contributed by atoms with Crippen LogP contribution in [0.3, 0.4) is 0 Å². The number of likely N-dealkylation sites (N-methyl/N-ethyl adjacent to an activating group) is 1. The Morgan fingerprint density at radius 1 is 1.32 bits per heavy atom. The van der Waals surface area contributed by atoms with Gasteiger partial charge in [-0.25, -0.2) is 4.98 Å². The minimum absolute atomic E-state index is 0.278. The van der Waals surface area contributed by atoms with Gasteiger partial charge in [0, 0.05) is 43.3 Å². The van der Waals surface area contributed by atoms with Gasteiger partial charge in [0.15, 0.2) is 0 Å². The van der Waals surface area contributed by atoms with Crippen LogP contribution < -0.4 is 5.32 Å². The van der Waals surface area contributed by atoms with Gasteiger partial charge in [-0.05, 0) is 38.1 Å². The molecule has 2 aromatic heterocycles. The highest BCUT2D eigenvalue weighted by Crippen LogP contribution is 2.17. The number of aryl methyl sites for hydroxylation is 2. The lowest BCUT2D eigenvalue weighted by atomic mass is 10.0. The lowest BCUT2D eigenvalue weighted by Crippen LogP contribution is -2.21. The Morgan fingerprint density at radius 3 is 2.84 bits per heavy atom. The first-order chi connectivity index (χ1) is 9.24. The van der Waals surface area contributed by atoms with E-state index in [2.05, 4.69) is 45.1 Å². The smallest absolute Gasteiger partial charge is 0.110 e. The summed E-state index contributed by atoms with van der Waals surface area (Å²) in [5.41, 5.74) is 2.32. The third-order valence-electron chi connectivity index (χ3n) is 3.32. The Morgan fingerprint density at radius 2 is 2.16 bits per heavy atom. The van der Waals surface area contributed by atoms with E-state index in [0.717, 1.165) is 30.9 Å². The molecule has 1 atom stereocenters. The van der Waals surface area contributed by atoms with E-state index in [1.54, 1.807) is 0 Å². The van der Waals surface area contributed by atoms with Gasteiger partial charge in [-0.15, -0.1) is 0 Å². The van der Waals surface area contributed by atoms with Crippen LogP contribution in [0.15, 0.2) is 30.7 Å². The second kappa shape index (κ2) is 6.48. The number of aromatic nitrogens is 3. The minimum Gasteiger partial charge on any atom is -0.335 e. The van der Waals surface area contributed by atoms with Gasteiger partial charge in [-0.1, -0.05) is 6.92 Å². The minimum atomic E-state index is 0.278. The average Bonchev–Trinajstić information content (AvgIpc) is 2.84. The van der Waals surface area contributed by atoms with Crippen molar-refractivity contribution in [1.82, 2.24) is 19.9 Å². The van der Waals surface area contributed by atoms with Crippen LogP contribution in [0.4, 0.5) is 0 Å². The van der Waals surface area contributed by atoms with Gasteiger partial charge < -0.3 is 9.88 Å². The topological polar surface area (TPSA) is 42.7 Å². The third kappa shape index (κ3) is 3.41. The van der Waals surface area contributed by atoms with Crippen LogP contribution in [0.25, 0.3) is 0 Å². The van der Waals surface area contributed by atoms with Gasteiger partial charge in [0.1, 0.15) is 5.82 Å². The van der Waals surface area contributed by atoms with Crippen molar-refractivity contribution in [2.75, 3.05) is 7.05 Å². The summed E-state index contributed by atoms with van der Waals surface area (Å²) in [5.74, 6) is 1.13. The lowest BCUT2D eigenvalue weighted by molar-refractivity contribution is 0.542. The first-order valence-corrected chi connectivity index (χ1v) is 6.84. The van der Waals surface area contributed by atoms with Crippen molar-refractivity contribution < 1.29 is 0 Å². The van der Waals surface area contributed by atoms with Crippen LogP contribution in [0.5, 0.6) is 0 Å². The number of rotatable bonds is 6. The molecule has 4 nitrogen and oxygen atoms in total. The molecule has 0 saturated heterocycles. The summed E-state index contributed by atoms with van der Waals surface area (Å²) < 4.78 is 2.23. The number of hydrogen-bond acceptors (Lipinski definition) is 3. The van der Waals surface area contributed by atoms with Crippen molar-refractivity contribution >= 4 is 0 Å². The summed E-state index contributed by atoms with van der Waals surface area (Å²) in [6.07, 6.45) is 7.83. The molecule has 1 unspecified atom stereocenters. The SMILES string of the molecule is CCCn1ccnc1CC(NC)c1ccnc(C)c1. The fraction of sp³-hybridized carbons (Fsp3) is 0.467. The zero-order valence-corrected chi connectivity index (χ0v) is 11.9. The number of pyridine rings is 1. The Balaban J connectivity index is 2.17. The van der Waals surface area contributed by atoms with Crippen molar-refractivity contribution in [3.05, 3.63) is 47.8 Å². The number of nitrogens with one attached hydrogen (secondary N) is 1. The molecule has 2 rings (SSSR count). The van der Waals surface area contributed by atoms with Crippen molar-refractivity contribution in [1.29, 1.82) is 0 Å². The maximum atomic E-state index is 4.48. The highest BCUT2D eigenvalue weighted by molar-refractivity contribution is 5.20. The number of imidazole rings is 1.